The Hall–Kier alpha value is -1.36. The summed E-state index contributed by atoms with van der Waals surface area (Å²) in [6, 6.07) is -0.372. The third-order valence-electron chi connectivity index (χ3n) is 1.49. The molecule has 0 aliphatic heterocycles. The molecular weight excluding hydrogens is 160 g/mol. The van der Waals surface area contributed by atoms with E-state index in [1.807, 2.05) is 0 Å². The predicted molar refractivity (Wildman–Crippen MR) is 40.3 cm³/mol. The van der Waals surface area contributed by atoms with Crippen LogP contribution in [0.4, 0.5) is 0 Å². The quantitative estimate of drug-likeness (QED) is 0.688. The van der Waals surface area contributed by atoms with Crippen molar-refractivity contribution in [2.24, 2.45) is 5.73 Å². The number of nitrogens with zero attached hydrogens (tertiary/aromatic N) is 1. The van der Waals surface area contributed by atoms with Crippen LogP contribution in [0.25, 0.3) is 0 Å². The average molecular weight is 170 g/mol. The standard InChI is InChI=1S/C7H10N2O3/c8-5(1-2-7(10)11)6-3-9-4-12-6/h3-5H,1-2,8H2,(H,10,11). The van der Waals surface area contributed by atoms with Crippen molar-refractivity contribution in [1.29, 1.82) is 0 Å². The van der Waals surface area contributed by atoms with Gasteiger partial charge in [-0.05, 0) is 6.42 Å². The molecule has 1 rings (SSSR count). The summed E-state index contributed by atoms with van der Waals surface area (Å²) in [4.78, 5) is 13.8. The van der Waals surface area contributed by atoms with E-state index >= 15 is 0 Å². The fourth-order valence-corrected chi connectivity index (χ4v) is 0.830. The molecule has 66 valence electrons. The van der Waals surface area contributed by atoms with Crippen LogP contribution in [-0.2, 0) is 4.79 Å². The molecule has 0 bridgehead atoms. The van der Waals surface area contributed by atoms with Crippen molar-refractivity contribution in [1.82, 2.24) is 4.98 Å². The Morgan fingerprint density at radius 3 is 3.08 bits per heavy atom. The monoisotopic (exact) mass is 170 g/mol. The van der Waals surface area contributed by atoms with Crippen LogP contribution in [0.5, 0.6) is 0 Å². The normalized spacial score (nSPS) is 12.8. The lowest BCUT2D eigenvalue weighted by Crippen LogP contribution is -2.11. The second-order valence-corrected chi connectivity index (χ2v) is 2.44. The van der Waals surface area contributed by atoms with Crippen LogP contribution in [0.2, 0.25) is 0 Å². The maximum absolute atomic E-state index is 10.2. The van der Waals surface area contributed by atoms with E-state index in [9.17, 15) is 4.79 Å². The van der Waals surface area contributed by atoms with E-state index in [0.717, 1.165) is 0 Å². The number of hydrogen-bond acceptors (Lipinski definition) is 4. The highest BCUT2D eigenvalue weighted by Gasteiger charge is 2.10. The summed E-state index contributed by atoms with van der Waals surface area (Å²) in [6.45, 7) is 0. The molecule has 0 aliphatic carbocycles. The molecule has 0 saturated carbocycles. The molecule has 1 aromatic rings. The zero-order chi connectivity index (χ0) is 8.97. The number of carboxylic acid groups (broad SMARTS) is 1. The molecule has 3 N–H and O–H groups in total. The van der Waals surface area contributed by atoms with Gasteiger partial charge in [0.2, 0.25) is 0 Å². The van der Waals surface area contributed by atoms with Gasteiger partial charge in [-0.2, -0.15) is 0 Å². The van der Waals surface area contributed by atoms with Crippen LogP contribution >= 0.6 is 0 Å². The van der Waals surface area contributed by atoms with E-state index < -0.39 is 5.97 Å². The minimum absolute atomic E-state index is 0.0435. The fourth-order valence-electron chi connectivity index (χ4n) is 0.830. The highest BCUT2D eigenvalue weighted by atomic mass is 16.4. The van der Waals surface area contributed by atoms with E-state index in [4.69, 9.17) is 15.3 Å². The first kappa shape index (κ1) is 8.73. The summed E-state index contributed by atoms with van der Waals surface area (Å²) in [6.07, 6.45) is 3.18. The Balaban J connectivity index is 2.39. The maximum Gasteiger partial charge on any atom is 0.303 e. The van der Waals surface area contributed by atoms with E-state index in [1.165, 1.54) is 12.6 Å². The maximum atomic E-state index is 10.2. The zero-order valence-corrected chi connectivity index (χ0v) is 6.43. The van der Waals surface area contributed by atoms with Crippen molar-refractivity contribution in [2.75, 3.05) is 0 Å². The highest BCUT2D eigenvalue weighted by molar-refractivity contribution is 5.66. The molecule has 0 aromatic carbocycles. The van der Waals surface area contributed by atoms with E-state index in [-0.39, 0.29) is 12.5 Å². The van der Waals surface area contributed by atoms with Crippen molar-refractivity contribution in [3.63, 3.8) is 0 Å². The molecular formula is C7H10N2O3. The Morgan fingerprint density at radius 1 is 1.83 bits per heavy atom. The minimum atomic E-state index is -0.857. The largest absolute Gasteiger partial charge is 0.481 e. The number of carbonyl (C=O) groups is 1. The van der Waals surface area contributed by atoms with E-state index in [0.29, 0.717) is 12.2 Å². The molecule has 0 saturated heterocycles. The average Bonchev–Trinajstić information content (AvgIpc) is 2.51. The smallest absolute Gasteiger partial charge is 0.303 e. The van der Waals surface area contributed by atoms with Crippen LogP contribution in [0.1, 0.15) is 24.6 Å². The molecule has 0 radical (unpaired) electrons. The molecule has 0 amide bonds. The molecule has 5 nitrogen and oxygen atoms in total. The first-order valence-electron chi connectivity index (χ1n) is 3.56. The molecule has 1 aromatic heterocycles. The Kier molecular flexibility index (Phi) is 2.82. The summed E-state index contributed by atoms with van der Waals surface area (Å²) < 4.78 is 4.90. The number of carboxylic acids is 1. The number of aromatic nitrogens is 1. The minimum Gasteiger partial charge on any atom is -0.481 e. The number of rotatable bonds is 4. The third-order valence-corrected chi connectivity index (χ3v) is 1.49. The molecule has 12 heavy (non-hydrogen) atoms. The van der Waals surface area contributed by atoms with E-state index in [2.05, 4.69) is 4.98 Å². The van der Waals surface area contributed by atoms with Crippen molar-refractivity contribution in [2.45, 2.75) is 18.9 Å². The first-order chi connectivity index (χ1) is 5.70. The van der Waals surface area contributed by atoms with Crippen molar-refractivity contribution in [3.8, 4) is 0 Å². The van der Waals surface area contributed by atoms with Crippen molar-refractivity contribution < 1.29 is 14.3 Å². The number of hydrogen-bond donors (Lipinski definition) is 2. The lowest BCUT2D eigenvalue weighted by atomic mass is 10.1. The van der Waals surface area contributed by atoms with E-state index in [1.54, 1.807) is 0 Å². The van der Waals surface area contributed by atoms with Gasteiger partial charge in [0, 0.05) is 6.42 Å². The Bertz CT molecular complexity index is 245. The molecule has 1 heterocycles. The number of aliphatic carboxylic acids is 1. The summed E-state index contributed by atoms with van der Waals surface area (Å²) in [5.74, 6) is -0.332. The van der Waals surface area contributed by atoms with Gasteiger partial charge in [0.05, 0.1) is 12.2 Å². The van der Waals surface area contributed by atoms with Crippen LogP contribution in [0.15, 0.2) is 17.0 Å². The topological polar surface area (TPSA) is 89.4 Å². The third kappa shape index (κ3) is 2.35. The van der Waals surface area contributed by atoms with Gasteiger partial charge in [0.25, 0.3) is 0 Å². The van der Waals surface area contributed by atoms with Gasteiger partial charge in [-0.25, -0.2) is 4.98 Å². The van der Waals surface area contributed by atoms with Crippen molar-refractivity contribution >= 4 is 5.97 Å². The predicted octanol–water partition coefficient (Wildman–Crippen LogP) is 0.539. The lowest BCUT2D eigenvalue weighted by molar-refractivity contribution is -0.137. The number of oxazole rings is 1. The van der Waals surface area contributed by atoms with Crippen LogP contribution in [0.3, 0.4) is 0 Å². The first-order valence-corrected chi connectivity index (χ1v) is 3.56. The van der Waals surface area contributed by atoms with Gasteiger partial charge < -0.3 is 15.3 Å². The Morgan fingerprint density at radius 2 is 2.58 bits per heavy atom. The van der Waals surface area contributed by atoms with Gasteiger partial charge in [0.15, 0.2) is 6.39 Å². The molecule has 0 aliphatic rings. The highest BCUT2D eigenvalue weighted by Crippen LogP contribution is 2.13. The van der Waals surface area contributed by atoms with Crippen LogP contribution < -0.4 is 5.73 Å². The molecule has 1 unspecified atom stereocenters. The summed E-state index contributed by atoms with van der Waals surface area (Å²) in [5, 5.41) is 8.36. The molecule has 5 heteroatoms. The van der Waals surface area contributed by atoms with Crippen LogP contribution in [0, 0.1) is 0 Å². The number of nitrogens with two attached hydrogens (primary N) is 1. The van der Waals surface area contributed by atoms with Gasteiger partial charge in [-0.15, -0.1) is 0 Å². The zero-order valence-electron chi connectivity index (χ0n) is 6.43. The Labute approximate surface area is 69.2 Å². The summed E-state index contributed by atoms with van der Waals surface area (Å²) >= 11 is 0. The van der Waals surface area contributed by atoms with Gasteiger partial charge in [-0.1, -0.05) is 0 Å². The van der Waals surface area contributed by atoms with Gasteiger partial charge in [-0.3, -0.25) is 4.79 Å². The van der Waals surface area contributed by atoms with Gasteiger partial charge >= 0.3 is 5.97 Å². The SMILES string of the molecule is NC(CCC(=O)O)c1cnco1. The fraction of sp³-hybridized carbons (Fsp3) is 0.429. The van der Waals surface area contributed by atoms with Gasteiger partial charge in [0.1, 0.15) is 5.76 Å². The van der Waals surface area contributed by atoms with Crippen molar-refractivity contribution in [3.05, 3.63) is 18.4 Å². The molecule has 1 atom stereocenters. The van der Waals surface area contributed by atoms with Crippen LogP contribution in [-0.4, -0.2) is 16.1 Å². The summed E-state index contributed by atoms with van der Waals surface area (Å²) in [5.41, 5.74) is 5.59. The second-order valence-electron chi connectivity index (χ2n) is 2.44. The molecule has 0 spiro atoms. The lowest BCUT2D eigenvalue weighted by Gasteiger charge is -2.04. The second kappa shape index (κ2) is 3.87. The summed E-state index contributed by atoms with van der Waals surface area (Å²) in [7, 11) is 0. The molecule has 0 fully saturated rings.